The molecule has 3 nitrogen and oxygen atoms in total. The van der Waals surface area contributed by atoms with Gasteiger partial charge in [0.1, 0.15) is 0 Å². The first-order chi connectivity index (χ1) is 9.06. The van der Waals surface area contributed by atoms with Crippen LogP contribution in [-0.2, 0) is 0 Å². The average Bonchev–Trinajstić information content (AvgIpc) is 2.37. The highest BCUT2D eigenvalue weighted by molar-refractivity contribution is 5.29. The van der Waals surface area contributed by atoms with Gasteiger partial charge < -0.3 is 16.4 Å². The molecule has 1 atom stereocenters. The van der Waals surface area contributed by atoms with E-state index in [0.717, 1.165) is 25.2 Å². The minimum absolute atomic E-state index is 0.0513. The lowest BCUT2D eigenvalue weighted by Gasteiger charge is -2.25. The largest absolute Gasteiger partial charge is 0.397 e. The Morgan fingerprint density at radius 3 is 2.00 bits per heavy atom. The Morgan fingerprint density at radius 1 is 1.21 bits per heavy atom. The van der Waals surface area contributed by atoms with Gasteiger partial charge in [-0.15, -0.1) is 13.2 Å². The molecule has 0 rings (SSSR count). The molecule has 0 aliphatic heterocycles. The normalized spacial score (nSPS) is 13.1. The quantitative estimate of drug-likeness (QED) is 0.523. The fraction of sp³-hybridized carbons (Fsp3) is 0.500. The van der Waals surface area contributed by atoms with Gasteiger partial charge >= 0.3 is 0 Å². The summed E-state index contributed by atoms with van der Waals surface area (Å²) in [6.45, 7) is 17.0. The second-order valence-corrected chi connectivity index (χ2v) is 3.96. The monoisotopic (exact) mass is 265 g/mol. The zero-order chi connectivity index (χ0) is 15.3. The van der Waals surface area contributed by atoms with Crippen molar-refractivity contribution >= 4 is 0 Å². The summed E-state index contributed by atoms with van der Waals surface area (Å²) in [6.07, 6.45) is 8.59. The van der Waals surface area contributed by atoms with Crippen LogP contribution in [0.1, 0.15) is 34.1 Å². The molecular formula is C16H31N3. The highest BCUT2D eigenvalue weighted by Gasteiger charge is 2.09. The summed E-state index contributed by atoms with van der Waals surface area (Å²) in [5, 5.41) is 0. The van der Waals surface area contributed by atoms with E-state index in [1.54, 1.807) is 0 Å². The van der Waals surface area contributed by atoms with E-state index in [9.17, 15) is 0 Å². The topological polar surface area (TPSA) is 55.3 Å². The lowest BCUT2D eigenvalue weighted by atomic mass is 10.2. The van der Waals surface area contributed by atoms with Crippen molar-refractivity contribution in [1.82, 2.24) is 4.90 Å². The maximum atomic E-state index is 6.07. The molecule has 0 heterocycles. The van der Waals surface area contributed by atoms with Crippen LogP contribution in [0.2, 0.25) is 0 Å². The summed E-state index contributed by atoms with van der Waals surface area (Å²) in [5.74, 6) is 0. The van der Waals surface area contributed by atoms with Crippen LogP contribution in [0, 0.1) is 0 Å². The first-order valence-electron chi connectivity index (χ1n) is 6.96. The smallest absolute Gasteiger partial charge is 0.0562 e. The van der Waals surface area contributed by atoms with Gasteiger partial charge in [0, 0.05) is 19.1 Å². The Balaban J connectivity index is 0. The fourth-order valence-corrected chi connectivity index (χ4v) is 1.57. The number of rotatable bonds is 8. The van der Waals surface area contributed by atoms with E-state index in [2.05, 4.69) is 31.1 Å². The Kier molecular flexibility index (Phi) is 13.5. The minimum Gasteiger partial charge on any atom is -0.397 e. The minimum atomic E-state index is -0.0513. The molecule has 3 heteroatoms. The number of hydrogen-bond acceptors (Lipinski definition) is 3. The average molecular weight is 265 g/mol. The Morgan fingerprint density at radius 2 is 1.68 bits per heavy atom. The number of allylic oxidation sites excluding steroid dienone is 1. The standard InChI is InChI=1S/C14H25N3.C2H6/c1-5-8-14(13(16)11-12(4)15)17(9-6-2)10-7-3;1-2/h6-8,11-12H,2-3,5,9-10,15-16H2,1,4H3;1-2H3/b13-11+,14-8+;. The molecule has 110 valence electrons. The van der Waals surface area contributed by atoms with Gasteiger partial charge in [-0.2, -0.15) is 0 Å². The van der Waals surface area contributed by atoms with Gasteiger partial charge in [-0.25, -0.2) is 0 Å². The van der Waals surface area contributed by atoms with Crippen LogP contribution in [0.25, 0.3) is 0 Å². The van der Waals surface area contributed by atoms with E-state index >= 15 is 0 Å². The van der Waals surface area contributed by atoms with E-state index < -0.39 is 0 Å². The van der Waals surface area contributed by atoms with Crippen molar-refractivity contribution < 1.29 is 0 Å². The summed E-state index contributed by atoms with van der Waals surface area (Å²) >= 11 is 0. The summed E-state index contributed by atoms with van der Waals surface area (Å²) in [4.78, 5) is 2.12. The molecule has 0 aliphatic rings. The number of nitrogens with two attached hydrogens (primary N) is 2. The van der Waals surface area contributed by atoms with Gasteiger partial charge in [0.15, 0.2) is 0 Å². The van der Waals surface area contributed by atoms with Crippen molar-refractivity contribution in [3.8, 4) is 0 Å². The van der Waals surface area contributed by atoms with Crippen molar-refractivity contribution in [1.29, 1.82) is 0 Å². The predicted molar refractivity (Wildman–Crippen MR) is 87.6 cm³/mol. The van der Waals surface area contributed by atoms with Crippen molar-refractivity contribution in [2.24, 2.45) is 11.5 Å². The van der Waals surface area contributed by atoms with Crippen LogP contribution < -0.4 is 11.5 Å². The molecule has 19 heavy (non-hydrogen) atoms. The Labute approximate surface area is 119 Å². The predicted octanol–water partition coefficient (Wildman–Crippen LogP) is 3.17. The second-order valence-electron chi connectivity index (χ2n) is 3.96. The molecule has 0 saturated heterocycles. The SMILES string of the molecule is C=CCN(CC=C)C(=C/CC)/C(N)=C\C(C)N.CC. The maximum absolute atomic E-state index is 6.07. The molecule has 0 bridgehead atoms. The lowest BCUT2D eigenvalue weighted by molar-refractivity contribution is 0.426. The highest BCUT2D eigenvalue weighted by atomic mass is 15.1. The van der Waals surface area contributed by atoms with Crippen LogP contribution in [0.5, 0.6) is 0 Å². The molecule has 0 saturated carbocycles. The van der Waals surface area contributed by atoms with E-state index in [4.69, 9.17) is 11.5 Å². The van der Waals surface area contributed by atoms with Gasteiger partial charge in [-0.05, 0) is 19.4 Å². The Hall–Kier alpha value is -1.48. The lowest BCUT2D eigenvalue weighted by Crippen LogP contribution is -2.28. The van der Waals surface area contributed by atoms with Gasteiger partial charge in [0.05, 0.1) is 11.4 Å². The zero-order valence-electron chi connectivity index (χ0n) is 13.0. The van der Waals surface area contributed by atoms with Gasteiger partial charge in [-0.1, -0.05) is 39.0 Å². The van der Waals surface area contributed by atoms with Gasteiger partial charge in [0.2, 0.25) is 0 Å². The van der Waals surface area contributed by atoms with Crippen molar-refractivity contribution in [3.05, 3.63) is 48.9 Å². The van der Waals surface area contributed by atoms with Crippen LogP contribution in [-0.4, -0.2) is 24.0 Å². The van der Waals surface area contributed by atoms with Gasteiger partial charge in [0.25, 0.3) is 0 Å². The van der Waals surface area contributed by atoms with Crippen LogP contribution in [0.15, 0.2) is 48.9 Å². The molecule has 0 spiro atoms. The fourth-order valence-electron chi connectivity index (χ4n) is 1.57. The first kappa shape index (κ1) is 19.9. The van der Waals surface area contributed by atoms with Gasteiger partial charge in [-0.3, -0.25) is 0 Å². The molecule has 0 aromatic rings. The molecule has 0 fully saturated rings. The Bertz CT molecular complexity index is 291. The third-order valence-electron chi connectivity index (χ3n) is 2.18. The van der Waals surface area contributed by atoms with Crippen LogP contribution in [0.3, 0.4) is 0 Å². The van der Waals surface area contributed by atoms with Crippen molar-refractivity contribution in [2.75, 3.05) is 13.1 Å². The molecule has 1 unspecified atom stereocenters. The third kappa shape index (κ3) is 9.14. The van der Waals surface area contributed by atoms with E-state index in [1.165, 1.54) is 0 Å². The molecule has 0 aromatic carbocycles. The van der Waals surface area contributed by atoms with Crippen LogP contribution >= 0.6 is 0 Å². The number of hydrogen-bond donors (Lipinski definition) is 2. The zero-order valence-corrected chi connectivity index (χ0v) is 13.0. The van der Waals surface area contributed by atoms with E-state index in [-0.39, 0.29) is 6.04 Å². The molecule has 4 N–H and O–H groups in total. The molecule has 0 radical (unpaired) electrons. The third-order valence-corrected chi connectivity index (χ3v) is 2.18. The van der Waals surface area contributed by atoms with Crippen molar-refractivity contribution in [3.63, 3.8) is 0 Å². The second kappa shape index (κ2) is 13.0. The number of nitrogens with zero attached hydrogens (tertiary/aromatic N) is 1. The summed E-state index contributed by atoms with van der Waals surface area (Å²) in [7, 11) is 0. The maximum Gasteiger partial charge on any atom is 0.0562 e. The first-order valence-corrected chi connectivity index (χ1v) is 6.96. The summed E-state index contributed by atoms with van der Waals surface area (Å²) in [6, 6.07) is -0.0513. The van der Waals surface area contributed by atoms with E-state index in [1.807, 2.05) is 39.0 Å². The molecule has 0 amide bonds. The van der Waals surface area contributed by atoms with Crippen molar-refractivity contribution in [2.45, 2.75) is 40.2 Å². The van der Waals surface area contributed by atoms with Crippen LogP contribution in [0.4, 0.5) is 0 Å². The summed E-state index contributed by atoms with van der Waals surface area (Å²) < 4.78 is 0. The highest BCUT2D eigenvalue weighted by Crippen LogP contribution is 2.13. The molecular weight excluding hydrogens is 234 g/mol. The summed E-state index contributed by atoms with van der Waals surface area (Å²) in [5.41, 5.74) is 13.5. The van der Waals surface area contributed by atoms with E-state index in [0.29, 0.717) is 5.70 Å². The molecule has 0 aromatic heterocycles. The molecule has 0 aliphatic carbocycles.